The van der Waals surface area contributed by atoms with E-state index >= 15 is 0 Å². The first-order valence-corrected chi connectivity index (χ1v) is 5.08. The predicted molar refractivity (Wildman–Crippen MR) is 63.1 cm³/mol. The van der Waals surface area contributed by atoms with E-state index in [1.165, 1.54) is 0 Å². The molecule has 0 saturated carbocycles. The number of benzene rings is 1. The van der Waals surface area contributed by atoms with Crippen LogP contribution in [0.25, 0.3) is 0 Å². The number of rotatable bonds is 4. The highest BCUT2D eigenvalue weighted by molar-refractivity contribution is 6.01. The molecule has 0 N–H and O–H groups in total. The minimum absolute atomic E-state index is 0.291. The Labute approximate surface area is 95.4 Å². The Morgan fingerprint density at radius 1 is 1.44 bits per heavy atom. The first-order valence-electron chi connectivity index (χ1n) is 5.08. The lowest BCUT2D eigenvalue weighted by atomic mass is 10.1. The van der Waals surface area contributed by atoms with Gasteiger partial charge in [-0.15, -0.1) is 6.58 Å². The SMILES string of the molecule is C=CC(C)N(C=O)C(=O)c1ccccc1C. The fourth-order valence-corrected chi connectivity index (χ4v) is 1.39. The van der Waals surface area contributed by atoms with Crippen LogP contribution in [0.4, 0.5) is 0 Å². The number of aryl methyl sites for hydroxylation is 1. The fraction of sp³-hybridized carbons (Fsp3) is 0.231. The minimum atomic E-state index is -0.301. The van der Waals surface area contributed by atoms with Crippen molar-refractivity contribution in [2.24, 2.45) is 0 Å². The molecule has 0 aromatic heterocycles. The third kappa shape index (κ3) is 2.37. The Bertz CT molecular complexity index is 412. The smallest absolute Gasteiger partial charge is 0.261 e. The summed E-state index contributed by atoms with van der Waals surface area (Å²) in [5.74, 6) is -0.291. The molecule has 2 amide bonds. The topological polar surface area (TPSA) is 37.4 Å². The minimum Gasteiger partial charge on any atom is -0.278 e. The van der Waals surface area contributed by atoms with E-state index in [0.717, 1.165) is 10.5 Å². The van der Waals surface area contributed by atoms with Crippen LogP contribution in [0.1, 0.15) is 22.8 Å². The Morgan fingerprint density at radius 3 is 2.56 bits per heavy atom. The lowest BCUT2D eigenvalue weighted by Crippen LogP contribution is -2.36. The zero-order chi connectivity index (χ0) is 12.1. The van der Waals surface area contributed by atoms with Crippen molar-refractivity contribution >= 4 is 12.3 Å². The van der Waals surface area contributed by atoms with Gasteiger partial charge in [0.05, 0.1) is 6.04 Å². The second kappa shape index (κ2) is 5.26. The van der Waals surface area contributed by atoms with Crippen molar-refractivity contribution in [1.82, 2.24) is 4.90 Å². The van der Waals surface area contributed by atoms with E-state index in [9.17, 15) is 9.59 Å². The zero-order valence-corrected chi connectivity index (χ0v) is 9.51. The van der Waals surface area contributed by atoms with Gasteiger partial charge in [-0.2, -0.15) is 0 Å². The molecule has 0 aliphatic carbocycles. The van der Waals surface area contributed by atoms with Crippen molar-refractivity contribution in [3.8, 4) is 0 Å². The van der Waals surface area contributed by atoms with E-state index in [2.05, 4.69) is 6.58 Å². The molecule has 1 rings (SSSR count). The van der Waals surface area contributed by atoms with E-state index in [0.29, 0.717) is 12.0 Å². The van der Waals surface area contributed by atoms with Crippen molar-refractivity contribution in [2.75, 3.05) is 0 Å². The second-order valence-corrected chi connectivity index (χ2v) is 3.61. The molecule has 1 atom stereocenters. The molecule has 0 spiro atoms. The Kier molecular flexibility index (Phi) is 4.00. The lowest BCUT2D eigenvalue weighted by Gasteiger charge is -2.21. The van der Waals surface area contributed by atoms with Crippen LogP contribution in [0.2, 0.25) is 0 Å². The summed E-state index contributed by atoms with van der Waals surface area (Å²) in [5, 5.41) is 0. The molecule has 3 heteroatoms. The van der Waals surface area contributed by atoms with Gasteiger partial charge >= 0.3 is 0 Å². The molecule has 0 bridgehead atoms. The maximum Gasteiger partial charge on any atom is 0.261 e. The lowest BCUT2D eigenvalue weighted by molar-refractivity contribution is -0.116. The second-order valence-electron chi connectivity index (χ2n) is 3.61. The van der Waals surface area contributed by atoms with Gasteiger partial charge in [0.2, 0.25) is 6.41 Å². The fourth-order valence-electron chi connectivity index (χ4n) is 1.39. The summed E-state index contributed by atoms with van der Waals surface area (Å²) in [6.45, 7) is 7.16. The molecular formula is C13H15NO2. The maximum absolute atomic E-state index is 12.0. The largest absolute Gasteiger partial charge is 0.278 e. The quantitative estimate of drug-likeness (QED) is 0.572. The van der Waals surface area contributed by atoms with E-state index in [1.807, 2.05) is 19.1 Å². The van der Waals surface area contributed by atoms with Gasteiger partial charge in [0.1, 0.15) is 0 Å². The molecule has 1 aromatic carbocycles. The van der Waals surface area contributed by atoms with Crippen LogP contribution in [0.15, 0.2) is 36.9 Å². The van der Waals surface area contributed by atoms with Crippen LogP contribution in [-0.2, 0) is 4.79 Å². The molecule has 16 heavy (non-hydrogen) atoms. The number of hydrogen-bond acceptors (Lipinski definition) is 2. The summed E-state index contributed by atoms with van der Waals surface area (Å²) < 4.78 is 0. The van der Waals surface area contributed by atoms with Gasteiger partial charge in [0.25, 0.3) is 5.91 Å². The van der Waals surface area contributed by atoms with Crippen LogP contribution >= 0.6 is 0 Å². The van der Waals surface area contributed by atoms with Gasteiger partial charge < -0.3 is 0 Å². The summed E-state index contributed by atoms with van der Waals surface area (Å²) in [5.41, 5.74) is 1.40. The van der Waals surface area contributed by atoms with Crippen LogP contribution in [0.5, 0.6) is 0 Å². The number of amides is 2. The monoisotopic (exact) mass is 217 g/mol. The zero-order valence-electron chi connectivity index (χ0n) is 9.51. The van der Waals surface area contributed by atoms with E-state index in [1.54, 1.807) is 25.1 Å². The highest BCUT2D eigenvalue weighted by Crippen LogP contribution is 2.11. The van der Waals surface area contributed by atoms with Crippen LogP contribution < -0.4 is 0 Å². The molecule has 0 aliphatic heterocycles. The maximum atomic E-state index is 12.0. The average molecular weight is 217 g/mol. The van der Waals surface area contributed by atoms with Crippen molar-refractivity contribution < 1.29 is 9.59 Å². The Balaban J connectivity index is 3.05. The van der Waals surface area contributed by atoms with Gasteiger partial charge in [0, 0.05) is 5.56 Å². The van der Waals surface area contributed by atoms with E-state index in [4.69, 9.17) is 0 Å². The number of carbonyl (C=O) groups is 2. The first kappa shape index (κ1) is 12.2. The van der Waals surface area contributed by atoms with Crippen LogP contribution in [0, 0.1) is 6.92 Å². The summed E-state index contributed by atoms with van der Waals surface area (Å²) in [7, 11) is 0. The number of hydrogen-bond donors (Lipinski definition) is 0. The molecule has 1 unspecified atom stereocenters. The van der Waals surface area contributed by atoms with E-state index < -0.39 is 0 Å². The molecule has 84 valence electrons. The average Bonchev–Trinajstić information content (AvgIpc) is 2.30. The number of nitrogens with zero attached hydrogens (tertiary/aromatic N) is 1. The summed E-state index contributed by atoms with van der Waals surface area (Å²) in [6.07, 6.45) is 2.10. The molecule has 0 saturated heterocycles. The van der Waals surface area contributed by atoms with Crippen molar-refractivity contribution in [1.29, 1.82) is 0 Å². The molecule has 0 radical (unpaired) electrons. The third-order valence-corrected chi connectivity index (χ3v) is 2.50. The van der Waals surface area contributed by atoms with Gasteiger partial charge in [-0.05, 0) is 25.5 Å². The molecule has 0 fully saturated rings. The molecule has 0 heterocycles. The molecule has 3 nitrogen and oxygen atoms in total. The van der Waals surface area contributed by atoms with Crippen molar-refractivity contribution in [2.45, 2.75) is 19.9 Å². The van der Waals surface area contributed by atoms with Crippen molar-refractivity contribution in [3.63, 3.8) is 0 Å². The Morgan fingerprint density at radius 2 is 2.06 bits per heavy atom. The summed E-state index contributed by atoms with van der Waals surface area (Å²) in [4.78, 5) is 24.1. The van der Waals surface area contributed by atoms with Gasteiger partial charge in [-0.25, -0.2) is 0 Å². The predicted octanol–water partition coefficient (Wildman–Crippen LogP) is 2.17. The highest BCUT2D eigenvalue weighted by Gasteiger charge is 2.19. The molecule has 1 aromatic rings. The third-order valence-electron chi connectivity index (χ3n) is 2.50. The van der Waals surface area contributed by atoms with Crippen molar-refractivity contribution in [3.05, 3.63) is 48.0 Å². The van der Waals surface area contributed by atoms with E-state index in [-0.39, 0.29) is 11.9 Å². The Hall–Kier alpha value is -1.90. The summed E-state index contributed by atoms with van der Waals surface area (Å²) >= 11 is 0. The van der Waals surface area contributed by atoms with Crippen LogP contribution in [-0.4, -0.2) is 23.3 Å². The normalized spacial score (nSPS) is 11.6. The molecular weight excluding hydrogens is 202 g/mol. The van der Waals surface area contributed by atoms with Gasteiger partial charge in [0.15, 0.2) is 0 Å². The number of imide groups is 1. The van der Waals surface area contributed by atoms with Crippen LogP contribution in [0.3, 0.4) is 0 Å². The standard InChI is InChI=1S/C13H15NO2/c1-4-11(3)14(9-15)13(16)12-8-6-5-7-10(12)2/h4-9,11H,1H2,2-3H3. The highest BCUT2D eigenvalue weighted by atomic mass is 16.2. The van der Waals surface area contributed by atoms with Gasteiger partial charge in [-0.3, -0.25) is 14.5 Å². The molecule has 0 aliphatic rings. The first-order chi connectivity index (χ1) is 7.61. The number of carbonyl (C=O) groups excluding carboxylic acids is 2. The van der Waals surface area contributed by atoms with Gasteiger partial charge in [-0.1, -0.05) is 24.3 Å². The summed E-state index contributed by atoms with van der Waals surface area (Å²) in [6, 6.07) is 6.89.